The van der Waals surface area contributed by atoms with Crippen molar-refractivity contribution >= 4 is 17.7 Å². The van der Waals surface area contributed by atoms with Crippen molar-refractivity contribution in [3.63, 3.8) is 0 Å². The lowest BCUT2D eigenvalue weighted by Crippen LogP contribution is -2.19. The Labute approximate surface area is 174 Å². The maximum absolute atomic E-state index is 12.4. The molecule has 0 unspecified atom stereocenters. The molecule has 152 valence electrons. The molecular formula is C24H22N2O4. The minimum Gasteiger partial charge on any atom is -0.478 e. The number of hydrogen-bond acceptors (Lipinski definition) is 4. The second-order valence-electron chi connectivity index (χ2n) is 7.28. The monoisotopic (exact) mass is 402 g/mol. The number of benzene rings is 3. The Morgan fingerprint density at radius 2 is 1.63 bits per heavy atom. The third kappa shape index (κ3) is 3.53. The van der Waals surface area contributed by atoms with Gasteiger partial charge in [-0.1, -0.05) is 48.5 Å². The van der Waals surface area contributed by atoms with Gasteiger partial charge in [0.15, 0.2) is 0 Å². The second-order valence-corrected chi connectivity index (χ2v) is 7.28. The van der Waals surface area contributed by atoms with E-state index in [-0.39, 0.29) is 24.6 Å². The van der Waals surface area contributed by atoms with E-state index < -0.39 is 12.1 Å². The molecule has 30 heavy (non-hydrogen) atoms. The molecule has 4 rings (SSSR count). The molecule has 1 aliphatic rings. The van der Waals surface area contributed by atoms with Gasteiger partial charge >= 0.3 is 12.1 Å². The van der Waals surface area contributed by atoms with Crippen LogP contribution < -0.4 is 11.1 Å². The number of nitrogens with two attached hydrogens (primary N) is 1. The maximum atomic E-state index is 12.4. The Hall–Kier alpha value is -3.64. The minimum absolute atomic E-state index is 0.0425. The van der Waals surface area contributed by atoms with Crippen LogP contribution >= 0.6 is 0 Å². The first-order valence-electron chi connectivity index (χ1n) is 9.68. The molecule has 0 spiro atoms. The molecule has 0 fully saturated rings. The Bertz CT molecular complexity index is 1090. The summed E-state index contributed by atoms with van der Waals surface area (Å²) in [7, 11) is 0. The van der Waals surface area contributed by atoms with Crippen molar-refractivity contribution in [2.75, 3.05) is 11.9 Å². The molecule has 0 aromatic heterocycles. The molecule has 0 saturated heterocycles. The van der Waals surface area contributed by atoms with Gasteiger partial charge in [0.05, 0.1) is 5.56 Å². The van der Waals surface area contributed by atoms with Crippen molar-refractivity contribution in [1.82, 2.24) is 0 Å². The van der Waals surface area contributed by atoms with Gasteiger partial charge in [-0.05, 0) is 52.4 Å². The van der Waals surface area contributed by atoms with E-state index in [0.717, 1.165) is 22.3 Å². The van der Waals surface area contributed by atoms with Crippen molar-refractivity contribution < 1.29 is 19.4 Å². The normalized spacial score (nSPS) is 12.2. The highest BCUT2D eigenvalue weighted by molar-refractivity contribution is 5.93. The van der Waals surface area contributed by atoms with E-state index in [1.165, 1.54) is 6.07 Å². The van der Waals surface area contributed by atoms with E-state index in [0.29, 0.717) is 16.8 Å². The number of aryl methyl sites for hydroxylation is 1. The SMILES string of the molecule is Cc1cc(NC(=O)OCC2c3ccccc3-c3ccccc32)cc(C(=O)O)c1CN. The predicted molar refractivity (Wildman–Crippen MR) is 115 cm³/mol. The number of aromatic carboxylic acids is 1. The lowest BCUT2D eigenvalue weighted by atomic mass is 9.98. The van der Waals surface area contributed by atoms with Gasteiger partial charge in [-0.2, -0.15) is 0 Å². The number of amides is 1. The number of carbonyl (C=O) groups excluding carboxylic acids is 1. The molecule has 4 N–H and O–H groups in total. The topological polar surface area (TPSA) is 102 Å². The number of hydrogen-bond donors (Lipinski definition) is 3. The molecule has 0 atom stereocenters. The lowest BCUT2D eigenvalue weighted by Gasteiger charge is -2.15. The van der Waals surface area contributed by atoms with Crippen LogP contribution in [0, 0.1) is 6.92 Å². The number of ether oxygens (including phenoxy) is 1. The number of fused-ring (bicyclic) bond motifs is 3. The molecule has 6 heteroatoms. The van der Waals surface area contributed by atoms with Gasteiger partial charge in [0.1, 0.15) is 6.61 Å². The van der Waals surface area contributed by atoms with Crippen LogP contribution in [-0.2, 0) is 11.3 Å². The van der Waals surface area contributed by atoms with Gasteiger partial charge in [-0.25, -0.2) is 9.59 Å². The summed E-state index contributed by atoms with van der Waals surface area (Å²) in [6.45, 7) is 2.06. The van der Waals surface area contributed by atoms with E-state index in [2.05, 4.69) is 29.6 Å². The second kappa shape index (κ2) is 8.00. The van der Waals surface area contributed by atoms with Crippen molar-refractivity contribution in [2.45, 2.75) is 19.4 Å². The van der Waals surface area contributed by atoms with Gasteiger partial charge in [-0.15, -0.1) is 0 Å². The smallest absolute Gasteiger partial charge is 0.411 e. The molecule has 0 saturated carbocycles. The van der Waals surface area contributed by atoms with Crippen LogP contribution in [-0.4, -0.2) is 23.8 Å². The number of carboxylic acid groups (broad SMARTS) is 1. The van der Waals surface area contributed by atoms with Crippen LogP contribution in [0.4, 0.5) is 10.5 Å². The molecule has 3 aromatic carbocycles. The van der Waals surface area contributed by atoms with E-state index in [4.69, 9.17) is 10.5 Å². The summed E-state index contributed by atoms with van der Waals surface area (Å²) in [5.74, 6) is -1.13. The first-order chi connectivity index (χ1) is 14.5. The van der Waals surface area contributed by atoms with Crippen LogP contribution in [0.2, 0.25) is 0 Å². The number of nitrogens with one attached hydrogen (secondary N) is 1. The molecule has 1 aliphatic carbocycles. The fraction of sp³-hybridized carbons (Fsp3) is 0.167. The van der Waals surface area contributed by atoms with Gasteiger partial charge in [-0.3, -0.25) is 5.32 Å². The number of carbonyl (C=O) groups is 2. The van der Waals surface area contributed by atoms with Crippen LogP contribution in [0.3, 0.4) is 0 Å². The van der Waals surface area contributed by atoms with E-state index in [1.54, 1.807) is 13.0 Å². The Kier molecular flexibility index (Phi) is 5.25. The quantitative estimate of drug-likeness (QED) is 0.583. The first kappa shape index (κ1) is 19.7. The van der Waals surface area contributed by atoms with Crippen LogP contribution in [0.15, 0.2) is 60.7 Å². The largest absolute Gasteiger partial charge is 0.478 e. The molecule has 0 aliphatic heterocycles. The van der Waals surface area contributed by atoms with Crippen LogP contribution in [0.25, 0.3) is 11.1 Å². The maximum Gasteiger partial charge on any atom is 0.411 e. The van der Waals surface area contributed by atoms with Gasteiger partial charge in [0.25, 0.3) is 0 Å². The standard InChI is InChI=1S/C24H22N2O4/c1-14-10-15(11-20(23(27)28)21(14)12-25)26-24(29)30-13-22-18-8-4-2-6-16(18)17-7-3-5-9-19(17)22/h2-11,22H,12-13,25H2,1H3,(H,26,29)(H,27,28). The fourth-order valence-corrected chi connectivity index (χ4v) is 4.10. The predicted octanol–water partition coefficient (Wildman–Crippen LogP) is 4.51. The highest BCUT2D eigenvalue weighted by Gasteiger charge is 2.29. The van der Waals surface area contributed by atoms with Crippen LogP contribution in [0.1, 0.15) is 38.5 Å². The van der Waals surface area contributed by atoms with E-state index >= 15 is 0 Å². The average Bonchev–Trinajstić information content (AvgIpc) is 3.05. The summed E-state index contributed by atoms with van der Waals surface area (Å²) >= 11 is 0. The van der Waals surface area contributed by atoms with Crippen molar-refractivity contribution in [2.24, 2.45) is 5.73 Å². The molecule has 0 heterocycles. The van der Waals surface area contributed by atoms with Gasteiger partial charge in [0, 0.05) is 18.2 Å². The van der Waals surface area contributed by atoms with Crippen molar-refractivity contribution in [3.05, 3.63) is 88.5 Å². The summed E-state index contributed by atoms with van der Waals surface area (Å²) in [5.41, 5.74) is 11.9. The molecule has 0 bridgehead atoms. The zero-order valence-corrected chi connectivity index (χ0v) is 16.5. The molecule has 3 aromatic rings. The summed E-state index contributed by atoms with van der Waals surface area (Å²) in [6.07, 6.45) is -0.631. The third-order valence-corrected chi connectivity index (χ3v) is 5.50. The van der Waals surface area contributed by atoms with Gasteiger partial charge < -0.3 is 15.6 Å². The molecule has 6 nitrogen and oxygen atoms in total. The lowest BCUT2D eigenvalue weighted by molar-refractivity contribution is 0.0695. The summed E-state index contributed by atoms with van der Waals surface area (Å²) in [5, 5.41) is 12.0. The van der Waals surface area contributed by atoms with E-state index in [9.17, 15) is 14.7 Å². The number of rotatable bonds is 5. The van der Waals surface area contributed by atoms with Crippen LogP contribution in [0.5, 0.6) is 0 Å². The Balaban J connectivity index is 1.51. The van der Waals surface area contributed by atoms with E-state index in [1.807, 2.05) is 24.3 Å². The Morgan fingerprint density at radius 1 is 1.03 bits per heavy atom. The number of carboxylic acids is 1. The summed E-state index contributed by atoms with van der Waals surface area (Å²) in [4.78, 5) is 23.9. The minimum atomic E-state index is -1.09. The molecule has 0 radical (unpaired) electrons. The summed E-state index contributed by atoms with van der Waals surface area (Å²) < 4.78 is 5.52. The average molecular weight is 402 g/mol. The van der Waals surface area contributed by atoms with Crippen molar-refractivity contribution in [1.29, 1.82) is 0 Å². The van der Waals surface area contributed by atoms with Crippen molar-refractivity contribution in [3.8, 4) is 11.1 Å². The molecule has 1 amide bonds. The zero-order valence-electron chi connectivity index (χ0n) is 16.5. The van der Waals surface area contributed by atoms with Gasteiger partial charge in [0.2, 0.25) is 0 Å². The summed E-state index contributed by atoms with van der Waals surface area (Å²) in [6, 6.07) is 19.3. The highest BCUT2D eigenvalue weighted by atomic mass is 16.5. The Morgan fingerprint density at radius 3 is 2.20 bits per heavy atom. The zero-order chi connectivity index (χ0) is 21.3. The highest BCUT2D eigenvalue weighted by Crippen LogP contribution is 2.44. The third-order valence-electron chi connectivity index (χ3n) is 5.50. The first-order valence-corrected chi connectivity index (χ1v) is 9.68. The molecular weight excluding hydrogens is 380 g/mol. The fourth-order valence-electron chi connectivity index (χ4n) is 4.10. The number of anilines is 1.